The Morgan fingerprint density at radius 3 is 2.84 bits per heavy atom. The van der Waals surface area contributed by atoms with Crippen LogP contribution < -0.4 is 4.74 Å². The molecular formula is C19H25NO5. The van der Waals surface area contributed by atoms with E-state index in [0.29, 0.717) is 25.5 Å². The van der Waals surface area contributed by atoms with E-state index in [1.54, 1.807) is 4.90 Å². The van der Waals surface area contributed by atoms with E-state index in [0.717, 1.165) is 24.2 Å². The van der Waals surface area contributed by atoms with Gasteiger partial charge < -0.3 is 19.5 Å². The molecule has 1 saturated heterocycles. The molecule has 0 radical (unpaired) electrons. The third-order valence-electron chi connectivity index (χ3n) is 4.83. The molecule has 1 aromatic carbocycles. The zero-order valence-corrected chi connectivity index (χ0v) is 14.4. The summed E-state index contributed by atoms with van der Waals surface area (Å²) < 4.78 is 11.2. The SMILES string of the molecule is O=C(O)C1CN(C(=O)CCc2cccc(OC3CCCC3)c2)CCO1. The molecule has 1 heterocycles. The minimum absolute atomic E-state index is 0.0309. The van der Waals surface area contributed by atoms with Gasteiger partial charge in [0, 0.05) is 13.0 Å². The molecule has 2 fully saturated rings. The molecule has 1 amide bonds. The van der Waals surface area contributed by atoms with Crippen LogP contribution in [-0.4, -0.2) is 53.8 Å². The van der Waals surface area contributed by atoms with Gasteiger partial charge in [0.1, 0.15) is 5.75 Å². The van der Waals surface area contributed by atoms with Crippen molar-refractivity contribution in [2.45, 2.75) is 50.7 Å². The van der Waals surface area contributed by atoms with Crippen molar-refractivity contribution in [2.75, 3.05) is 19.7 Å². The van der Waals surface area contributed by atoms with Crippen molar-refractivity contribution in [3.05, 3.63) is 29.8 Å². The normalized spacial score (nSPS) is 21.3. The van der Waals surface area contributed by atoms with Gasteiger partial charge in [0.05, 0.1) is 19.3 Å². The average molecular weight is 347 g/mol. The summed E-state index contributed by atoms with van der Waals surface area (Å²) in [4.78, 5) is 24.9. The second-order valence-corrected chi connectivity index (χ2v) is 6.71. The molecule has 25 heavy (non-hydrogen) atoms. The number of morpholine rings is 1. The maximum absolute atomic E-state index is 12.3. The van der Waals surface area contributed by atoms with Crippen LogP contribution in [0.5, 0.6) is 5.75 Å². The summed E-state index contributed by atoms with van der Waals surface area (Å²) in [5, 5.41) is 9.02. The lowest BCUT2D eigenvalue weighted by atomic mass is 10.1. The lowest BCUT2D eigenvalue weighted by Crippen LogP contribution is -2.48. The number of carboxylic acids is 1. The minimum Gasteiger partial charge on any atom is -0.490 e. The number of nitrogens with zero attached hydrogens (tertiary/aromatic N) is 1. The fraction of sp³-hybridized carbons (Fsp3) is 0.579. The fourth-order valence-corrected chi connectivity index (χ4v) is 3.41. The first-order valence-electron chi connectivity index (χ1n) is 8.99. The second kappa shape index (κ2) is 8.34. The quantitative estimate of drug-likeness (QED) is 0.854. The first-order chi connectivity index (χ1) is 12.1. The number of carbonyl (C=O) groups excluding carboxylic acids is 1. The van der Waals surface area contributed by atoms with Gasteiger partial charge >= 0.3 is 5.97 Å². The van der Waals surface area contributed by atoms with Crippen molar-refractivity contribution in [2.24, 2.45) is 0 Å². The molecule has 1 aliphatic carbocycles. The van der Waals surface area contributed by atoms with E-state index in [-0.39, 0.29) is 19.1 Å². The van der Waals surface area contributed by atoms with Gasteiger partial charge in [0.2, 0.25) is 5.91 Å². The molecule has 1 N–H and O–H groups in total. The molecule has 1 saturated carbocycles. The first kappa shape index (κ1) is 17.7. The summed E-state index contributed by atoms with van der Waals surface area (Å²) in [6.07, 6.45) is 5.08. The molecule has 6 nitrogen and oxygen atoms in total. The average Bonchev–Trinajstić information content (AvgIpc) is 3.13. The number of carboxylic acid groups (broad SMARTS) is 1. The Bertz CT molecular complexity index is 612. The largest absolute Gasteiger partial charge is 0.490 e. The molecule has 3 rings (SSSR count). The van der Waals surface area contributed by atoms with Crippen LogP contribution in [0.25, 0.3) is 0 Å². The van der Waals surface area contributed by atoms with Crippen LogP contribution >= 0.6 is 0 Å². The highest BCUT2D eigenvalue weighted by atomic mass is 16.5. The van der Waals surface area contributed by atoms with Gasteiger partial charge in [-0.3, -0.25) is 4.79 Å². The van der Waals surface area contributed by atoms with Gasteiger partial charge in [-0.15, -0.1) is 0 Å². The summed E-state index contributed by atoms with van der Waals surface area (Å²) >= 11 is 0. The summed E-state index contributed by atoms with van der Waals surface area (Å²) in [6, 6.07) is 7.92. The lowest BCUT2D eigenvalue weighted by Gasteiger charge is -2.31. The van der Waals surface area contributed by atoms with Crippen LogP contribution in [0, 0.1) is 0 Å². The van der Waals surface area contributed by atoms with E-state index in [9.17, 15) is 9.59 Å². The Balaban J connectivity index is 1.50. The molecule has 136 valence electrons. The van der Waals surface area contributed by atoms with Crippen molar-refractivity contribution in [1.29, 1.82) is 0 Å². The number of ether oxygens (including phenoxy) is 2. The number of aliphatic carboxylic acids is 1. The molecule has 1 aliphatic heterocycles. The van der Waals surface area contributed by atoms with Crippen LogP contribution in [0.4, 0.5) is 0 Å². The Morgan fingerprint density at radius 1 is 1.28 bits per heavy atom. The molecule has 0 spiro atoms. The number of hydrogen-bond donors (Lipinski definition) is 1. The van der Waals surface area contributed by atoms with Crippen LogP contribution in [0.3, 0.4) is 0 Å². The van der Waals surface area contributed by atoms with E-state index in [2.05, 4.69) is 0 Å². The molecule has 1 aromatic rings. The monoisotopic (exact) mass is 347 g/mol. The first-order valence-corrected chi connectivity index (χ1v) is 8.99. The number of amides is 1. The van der Waals surface area contributed by atoms with Crippen LogP contribution in [0.15, 0.2) is 24.3 Å². The fourth-order valence-electron chi connectivity index (χ4n) is 3.41. The molecule has 1 unspecified atom stereocenters. The van der Waals surface area contributed by atoms with Crippen molar-refractivity contribution in [3.8, 4) is 5.75 Å². The van der Waals surface area contributed by atoms with Crippen LogP contribution in [0.2, 0.25) is 0 Å². The predicted molar refractivity (Wildman–Crippen MR) is 91.6 cm³/mol. The third kappa shape index (κ3) is 4.95. The number of hydrogen-bond acceptors (Lipinski definition) is 4. The molecule has 2 aliphatic rings. The molecule has 6 heteroatoms. The third-order valence-corrected chi connectivity index (χ3v) is 4.83. The van der Waals surface area contributed by atoms with E-state index in [1.807, 2.05) is 24.3 Å². The van der Waals surface area contributed by atoms with Crippen LogP contribution in [0.1, 0.15) is 37.7 Å². The summed E-state index contributed by atoms with van der Waals surface area (Å²) in [5.74, 6) is -0.180. The zero-order valence-electron chi connectivity index (χ0n) is 14.4. The standard InChI is InChI=1S/C19H25NO5/c21-18(20-10-11-24-17(13-20)19(22)23)9-8-14-4-3-7-16(12-14)25-15-5-1-2-6-15/h3-4,7,12,15,17H,1-2,5-6,8-11,13H2,(H,22,23). The van der Waals surface area contributed by atoms with Crippen molar-refractivity contribution >= 4 is 11.9 Å². The van der Waals surface area contributed by atoms with Gasteiger partial charge in [-0.05, 0) is 49.8 Å². The number of rotatable bonds is 6. The van der Waals surface area contributed by atoms with E-state index in [1.165, 1.54) is 12.8 Å². The Kier molecular flexibility index (Phi) is 5.91. The Labute approximate surface area is 147 Å². The second-order valence-electron chi connectivity index (χ2n) is 6.71. The summed E-state index contributed by atoms with van der Waals surface area (Å²) in [5.41, 5.74) is 1.06. The molecule has 0 bridgehead atoms. The van der Waals surface area contributed by atoms with Crippen molar-refractivity contribution < 1.29 is 24.2 Å². The Hall–Kier alpha value is -2.08. The van der Waals surface area contributed by atoms with Crippen LogP contribution in [-0.2, 0) is 20.7 Å². The highest BCUT2D eigenvalue weighted by molar-refractivity contribution is 5.78. The predicted octanol–water partition coefficient (Wildman–Crippen LogP) is 2.25. The van der Waals surface area contributed by atoms with Gasteiger partial charge in [0.15, 0.2) is 6.10 Å². The number of benzene rings is 1. The van der Waals surface area contributed by atoms with Gasteiger partial charge in [-0.25, -0.2) is 4.79 Å². The van der Waals surface area contributed by atoms with E-state index >= 15 is 0 Å². The van der Waals surface area contributed by atoms with Gasteiger partial charge in [-0.2, -0.15) is 0 Å². The van der Waals surface area contributed by atoms with Crippen molar-refractivity contribution in [1.82, 2.24) is 4.90 Å². The van der Waals surface area contributed by atoms with Gasteiger partial charge in [0.25, 0.3) is 0 Å². The molecule has 0 aromatic heterocycles. The van der Waals surface area contributed by atoms with Crippen molar-refractivity contribution in [3.63, 3.8) is 0 Å². The number of aryl methyl sites for hydroxylation is 1. The topological polar surface area (TPSA) is 76.1 Å². The minimum atomic E-state index is -1.02. The Morgan fingerprint density at radius 2 is 2.08 bits per heavy atom. The molecular weight excluding hydrogens is 322 g/mol. The number of carbonyl (C=O) groups is 2. The maximum atomic E-state index is 12.3. The highest BCUT2D eigenvalue weighted by Gasteiger charge is 2.28. The molecule has 1 atom stereocenters. The highest BCUT2D eigenvalue weighted by Crippen LogP contribution is 2.25. The maximum Gasteiger partial charge on any atom is 0.334 e. The smallest absolute Gasteiger partial charge is 0.334 e. The van der Waals surface area contributed by atoms with Gasteiger partial charge in [-0.1, -0.05) is 12.1 Å². The lowest BCUT2D eigenvalue weighted by molar-refractivity contribution is -0.159. The zero-order chi connectivity index (χ0) is 17.6. The van der Waals surface area contributed by atoms with E-state index in [4.69, 9.17) is 14.6 Å². The summed E-state index contributed by atoms with van der Waals surface area (Å²) in [7, 11) is 0. The summed E-state index contributed by atoms with van der Waals surface area (Å²) in [6.45, 7) is 0.847. The van der Waals surface area contributed by atoms with E-state index < -0.39 is 12.1 Å².